The van der Waals surface area contributed by atoms with E-state index in [1.807, 2.05) is 36.6 Å². The van der Waals surface area contributed by atoms with Gasteiger partial charge in [0.1, 0.15) is 22.1 Å². The smallest absolute Gasteiger partial charge is 0.341 e. The summed E-state index contributed by atoms with van der Waals surface area (Å²) in [7, 11) is 1.29. The molecule has 1 aromatic heterocycles. The van der Waals surface area contributed by atoms with E-state index >= 15 is 0 Å². The number of anilines is 2. The number of hydrogen-bond acceptors (Lipinski definition) is 7. The van der Waals surface area contributed by atoms with Gasteiger partial charge in [0.2, 0.25) is 5.91 Å². The standard InChI is InChI=1S/C37H30FN3O5S2/c1-23-15-17-24(18-16-23)29-21-48-36(33(29)37(45)46-2)41-32(42)22-47-28-13-8-12-27(20-28)39-35(44)31(19-26-11-6-7-14-30(26)38)40-34(43)25-9-4-3-5-10-25/h3-21H,22H2,1-2H3,(H,39,44)(H,40,43)(H,41,42)/b31-19-. The maximum Gasteiger partial charge on any atom is 0.341 e. The van der Waals surface area contributed by atoms with Crippen molar-refractivity contribution in [1.82, 2.24) is 5.32 Å². The van der Waals surface area contributed by atoms with E-state index in [0.717, 1.165) is 11.1 Å². The molecule has 3 N–H and O–H groups in total. The molecule has 0 saturated heterocycles. The van der Waals surface area contributed by atoms with Gasteiger partial charge in [0.05, 0.1) is 12.9 Å². The number of thioether (sulfide) groups is 1. The maximum atomic E-state index is 14.5. The quantitative estimate of drug-likeness (QED) is 0.0747. The number of rotatable bonds is 11. The van der Waals surface area contributed by atoms with E-state index in [9.17, 15) is 23.6 Å². The lowest BCUT2D eigenvalue weighted by Crippen LogP contribution is -2.30. The second kappa shape index (κ2) is 15.9. The van der Waals surface area contributed by atoms with Gasteiger partial charge in [0.25, 0.3) is 11.8 Å². The minimum absolute atomic E-state index is 0.0152. The number of methoxy groups -OCH3 is 1. The van der Waals surface area contributed by atoms with Crippen LogP contribution in [0.25, 0.3) is 17.2 Å². The van der Waals surface area contributed by atoms with Crippen LogP contribution < -0.4 is 16.0 Å². The van der Waals surface area contributed by atoms with Crippen molar-refractivity contribution in [3.8, 4) is 11.1 Å². The summed E-state index contributed by atoms with van der Waals surface area (Å²) in [5.74, 6) is -2.63. The van der Waals surface area contributed by atoms with E-state index < -0.39 is 23.6 Å². The lowest BCUT2D eigenvalue weighted by Gasteiger charge is -2.12. The predicted octanol–water partition coefficient (Wildman–Crippen LogP) is 7.79. The first-order chi connectivity index (χ1) is 23.2. The van der Waals surface area contributed by atoms with E-state index in [-0.39, 0.29) is 28.5 Å². The molecule has 4 aromatic carbocycles. The summed E-state index contributed by atoms with van der Waals surface area (Å²) in [4.78, 5) is 52.6. The highest BCUT2D eigenvalue weighted by molar-refractivity contribution is 8.00. The van der Waals surface area contributed by atoms with Crippen molar-refractivity contribution in [2.24, 2.45) is 0 Å². The summed E-state index contributed by atoms with van der Waals surface area (Å²) in [6.07, 6.45) is 1.27. The Morgan fingerprint density at radius 3 is 2.33 bits per heavy atom. The second-order valence-corrected chi connectivity index (χ2v) is 12.4. The lowest BCUT2D eigenvalue weighted by molar-refractivity contribution is -0.114. The number of benzene rings is 4. The fourth-order valence-electron chi connectivity index (χ4n) is 4.56. The van der Waals surface area contributed by atoms with Crippen LogP contribution in [-0.2, 0) is 14.3 Å². The van der Waals surface area contributed by atoms with Crippen molar-refractivity contribution in [2.45, 2.75) is 11.8 Å². The molecule has 0 aliphatic rings. The third-order valence-electron chi connectivity index (χ3n) is 6.99. The average molecular weight is 680 g/mol. The van der Waals surface area contributed by atoms with Crippen molar-refractivity contribution in [3.05, 3.63) is 142 Å². The third-order valence-corrected chi connectivity index (χ3v) is 8.88. The van der Waals surface area contributed by atoms with Crippen LogP contribution in [0.5, 0.6) is 0 Å². The molecule has 242 valence electrons. The molecule has 0 aliphatic heterocycles. The Bertz CT molecular complexity index is 1990. The number of halogens is 1. The van der Waals surface area contributed by atoms with Gasteiger partial charge in [-0.05, 0) is 55.0 Å². The molecular formula is C37H30FN3O5S2. The number of thiophene rings is 1. The Morgan fingerprint density at radius 2 is 1.60 bits per heavy atom. The Hall–Kier alpha value is -5.52. The molecule has 1 heterocycles. The first-order valence-electron chi connectivity index (χ1n) is 14.7. The van der Waals surface area contributed by atoms with E-state index in [1.165, 1.54) is 54.5 Å². The fraction of sp³-hybridized carbons (Fsp3) is 0.0811. The Labute approximate surface area is 285 Å². The average Bonchev–Trinajstić information content (AvgIpc) is 3.51. The normalized spacial score (nSPS) is 11.0. The monoisotopic (exact) mass is 679 g/mol. The molecule has 0 atom stereocenters. The van der Waals surface area contributed by atoms with Crippen LogP contribution >= 0.6 is 23.1 Å². The molecule has 0 saturated carbocycles. The van der Waals surface area contributed by atoms with Gasteiger partial charge in [-0.15, -0.1) is 23.1 Å². The van der Waals surface area contributed by atoms with E-state index in [1.54, 1.807) is 60.7 Å². The zero-order valence-electron chi connectivity index (χ0n) is 25.9. The molecule has 0 aliphatic carbocycles. The zero-order valence-corrected chi connectivity index (χ0v) is 27.5. The highest BCUT2D eigenvalue weighted by Crippen LogP contribution is 2.36. The molecule has 0 bridgehead atoms. The largest absolute Gasteiger partial charge is 0.465 e. The van der Waals surface area contributed by atoms with E-state index in [0.29, 0.717) is 26.7 Å². The second-order valence-electron chi connectivity index (χ2n) is 10.4. The van der Waals surface area contributed by atoms with Crippen molar-refractivity contribution < 1.29 is 28.3 Å². The summed E-state index contributed by atoms with van der Waals surface area (Å²) in [6.45, 7) is 1.97. The fourth-order valence-corrected chi connectivity index (χ4v) is 6.29. The minimum Gasteiger partial charge on any atom is -0.465 e. The van der Waals surface area contributed by atoms with Crippen LogP contribution in [-0.4, -0.2) is 36.6 Å². The number of nitrogens with one attached hydrogen (secondary N) is 3. The van der Waals surface area contributed by atoms with Crippen LogP contribution in [0, 0.1) is 12.7 Å². The predicted molar refractivity (Wildman–Crippen MR) is 189 cm³/mol. The lowest BCUT2D eigenvalue weighted by atomic mass is 10.0. The van der Waals surface area contributed by atoms with Crippen LogP contribution in [0.15, 0.2) is 119 Å². The van der Waals surface area contributed by atoms with E-state index in [2.05, 4.69) is 16.0 Å². The van der Waals surface area contributed by atoms with Crippen molar-refractivity contribution in [2.75, 3.05) is 23.5 Å². The van der Waals surface area contributed by atoms with Crippen LogP contribution in [0.3, 0.4) is 0 Å². The van der Waals surface area contributed by atoms with E-state index in [4.69, 9.17) is 4.74 Å². The van der Waals surface area contributed by atoms with Gasteiger partial charge in [-0.2, -0.15) is 0 Å². The highest BCUT2D eigenvalue weighted by Gasteiger charge is 2.22. The number of esters is 1. The van der Waals surface area contributed by atoms with Gasteiger partial charge >= 0.3 is 5.97 Å². The van der Waals surface area contributed by atoms with Gasteiger partial charge in [-0.1, -0.05) is 72.3 Å². The van der Waals surface area contributed by atoms with Gasteiger partial charge in [-0.25, -0.2) is 9.18 Å². The summed E-state index contributed by atoms with van der Waals surface area (Å²) in [5, 5.41) is 10.4. The summed E-state index contributed by atoms with van der Waals surface area (Å²) in [6, 6.07) is 28.8. The molecule has 48 heavy (non-hydrogen) atoms. The van der Waals surface area contributed by atoms with Crippen LogP contribution in [0.1, 0.15) is 31.8 Å². The number of carbonyl (C=O) groups is 4. The first kappa shape index (κ1) is 33.8. The van der Waals surface area contributed by atoms with Crippen LogP contribution in [0.4, 0.5) is 15.1 Å². The van der Waals surface area contributed by atoms with Gasteiger partial charge in [-0.3, -0.25) is 14.4 Å². The third kappa shape index (κ3) is 8.64. The van der Waals surface area contributed by atoms with Crippen molar-refractivity contribution in [1.29, 1.82) is 0 Å². The molecule has 11 heteroatoms. The number of ether oxygens (including phenoxy) is 1. The van der Waals surface area contributed by atoms with Gasteiger partial charge in [0, 0.05) is 32.7 Å². The highest BCUT2D eigenvalue weighted by atomic mass is 32.2. The molecule has 0 spiro atoms. The molecule has 8 nitrogen and oxygen atoms in total. The molecular weight excluding hydrogens is 650 g/mol. The summed E-state index contributed by atoms with van der Waals surface area (Å²) >= 11 is 2.46. The minimum atomic E-state index is -0.667. The number of aryl methyl sites for hydroxylation is 1. The number of hydrogen-bond donors (Lipinski definition) is 3. The number of amides is 3. The molecule has 3 amide bonds. The van der Waals surface area contributed by atoms with Gasteiger partial charge < -0.3 is 20.7 Å². The molecule has 0 unspecified atom stereocenters. The molecule has 5 rings (SSSR count). The first-order valence-corrected chi connectivity index (χ1v) is 16.5. The Balaban J connectivity index is 1.27. The molecule has 5 aromatic rings. The van der Waals surface area contributed by atoms with Crippen LogP contribution in [0.2, 0.25) is 0 Å². The topological polar surface area (TPSA) is 114 Å². The maximum absolute atomic E-state index is 14.5. The molecule has 0 radical (unpaired) electrons. The Morgan fingerprint density at radius 1 is 0.875 bits per heavy atom. The van der Waals surface area contributed by atoms with Crippen molar-refractivity contribution >= 4 is 63.6 Å². The van der Waals surface area contributed by atoms with Gasteiger partial charge in [0.15, 0.2) is 0 Å². The SMILES string of the molecule is COC(=O)c1c(-c2ccc(C)cc2)csc1NC(=O)CSc1cccc(NC(=O)/C(=C/c2ccccc2F)NC(=O)c2ccccc2)c1. The Kier molecular flexibility index (Phi) is 11.2. The molecule has 0 fully saturated rings. The number of carbonyl (C=O) groups excluding carboxylic acids is 4. The summed E-state index contributed by atoms with van der Waals surface area (Å²) < 4.78 is 19.5. The van der Waals surface area contributed by atoms with Crippen molar-refractivity contribution in [3.63, 3.8) is 0 Å². The summed E-state index contributed by atoms with van der Waals surface area (Å²) in [5.41, 5.74) is 3.55. The zero-order chi connectivity index (χ0) is 34.0.